The van der Waals surface area contributed by atoms with E-state index in [0.717, 1.165) is 22.4 Å². The number of hydrogen-bond acceptors (Lipinski definition) is 7. The van der Waals surface area contributed by atoms with E-state index in [2.05, 4.69) is 30.6 Å². The van der Waals surface area contributed by atoms with Gasteiger partial charge in [-0.15, -0.1) is 10.2 Å². The van der Waals surface area contributed by atoms with Crippen LogP contribution < -0.4 is 10.1 Å². The molecule has 1 aromatic carbocycles. The molecule has 5 heterocycles. The number of nitrogens with zero attached hydrogens (tertiary/aromatic N) is 7. The van der Waals surface area contributed by atoms with Gasteiger partial charge in [0.2, 0.25) is 5.95 Å². The van der Waals surface area contributed by atoms with Crippen LogP contribution in [0.4, 0.5) is 10.3 Å². The number of halogens is 1. The molecule has 0 bridgehead atoms. The Morgan fingerprint density at radius 3 is 3.07 bits per heavy atom. The fraction of sp³-hybridized carbons (Fsp3) is 0.150. The minimum atomic E-state index is -0.262. The van der Waals surface area contributed by atoms with Crippen molar-refractivity contribution in [3.8, 4) is 16.9 Å². The molecule has 6 rings (SSSR count). The average molecular weight is 402 g/mol. The number of nitrogens with one attached hydrogen (secondary N) is 1. The summed E-state index contributed by atoms with van der Waals surface area (Å²) < 4.78 is 23.4. The van der Waals surface area contributed by atoms with Crippen molar-refractivity contribution in [2.24, 2.45) is 0 Å². The summed E-state index contributed by atoms with van der Waals surface area (Å²) in [6, 6.07) is 6.94. The summed E-state index contributed by atoms with van der Waals surface area (Å²) in [5, 5.41) is 15.7. The van der Waals surface area contributed by atoms with Crippen LogP contribution in [0, 0.1) is 5.82 Å². The molecule has 0 atom stereocenters. The maximum absolute atomic E-state index is 14.4. The Kier molecular flexibility index (Phi) is 3.63. The van der Waals surface area contributed by atoms with Gasteiger partial charge in [0.05, 0.1) is 6.61 Å². The first-order valence-corrected chi connectivity index (χ1v) is 9.44. The smallest absolute Gasteiger partial charge is 0.210 e. The van der Waals surface area contributed by atoms with Gasteiger partial charge in [-0.2, -0.15) is 5.10 Å². The second-order valence-corrected chi connectivity index (χ2v) is 6.92. The van der Waals surface area contributed by atoms with Gasteiger partial charge in [0, 0.05) is 47.6 Å². The van der Waals surface area contributed by atoms with E-state index in [4.69, 9.17) is 4.74 Å². The summed E-state index contributed by atoms with van der Waals surface area (Å²) in [7, 11) is 0. The minimum Gasteiger partial charge on any atom is -0.493 e. The molecule has 148 valence electrons. The highest BCUT2D eigenvalue weighted by molar-refractivity contribution is 5.85. The van der Waals surface area contributed by atoms with Gasteiger partial charge in [0.25, 0.3) is 0 Å². The first kappa shape index (κ1) is 16.8. The topological polar surface area (TPSA) is 94.5 Å². The van der Waals surface area contributed by atoms with Crippen molar-refractivity contribution in [3.05, 3.63) is 66.3 Å². The van der Waals surface area contributed by atoms with Crippen molar-refractivity contribution >= 4 is 17.2 Å². The number of ether oxygens (including phenoxy) is 1. The third-order valence-corrected chi connectivity index (χ3v) is 5.29. The first-order chi connectivity index (χ1) is 14.8. The van der Waals surface area contributed by atoms with Crippen molar-refractivity contribution in [2.75, 3.05) is 11.9 Å². The summed E-state index contributed by atoms with van der Waals surface area (Å²) in [4.78, 5) is 8.87. The van der Waals surface area contributed by atoms with E-state index in [9.17, 15) is 4.39 Å². The van der Waals surface area contributed by atoms with Gasteiger partial charge in [-0.05, 0) is 24.3 Å². The summed E-state index contributed by atoms with van der Waals surface area (Å²) in [6.45, 7) is 0.848. The number of hydrogen-bond donors (Lipinski definition) is 1. The van der Waals surface area contributed by atoms with Gasteiger partial charge in [-0.25, -0.2) is 18.9 Å². The molecule has 1 aliphatic rings. The van der Waals surface area contributed by atoms with Crippen LogP contribution in [0.25, 0.3) is 22.4 Å². The standard InChI is InChI=1S/C20H15FN8O/c21-16-3-4-17-12(5-7-30-17)14(16)8-22-20-23-9-15(19-27-25-11-28(19)20)13-2-1-6-29-18(13)24-10-26-29/h1-4,6,9-11H,5,7-8H2,(H,22,23). The fourth-order valence-corrected chi connectivity index (χ4v) is 3.87. The molecular weight excluding hydrogens is 387 g/mol. The molecule has 0 saturated heterocycles. The van der Waals surface area contributed by atoms with E-state index in [1.807, 2.05) is 18.3 Å². The number of aromatic nitrogens is 7. The van der Waals surface area contributed by atoms with Crippen LogP contribution in [0.1, 0.15) is 11.1 Å². The Balaban J connectivity index is 1.39. The molecule has 0 radical (unpaired) electrons. The van der Waals surface area contributed by atoms with E-state index < -0.39 is 0 Å². The molecule has 5 aromatic rings. The molecule has 0 fully saturated rings. The van der Waals surface area contributed by atoms with Crippen LogP contribution in [0.15, 0.2) is 49.3 Å². The second-order valence-electron chi connectivity index (χ2n) is 6.92. The normalized spacial score (nSPS) is 13.0. The predicted octanol–water partition coefficient (Wildman–Crippen LogP) is 2.52. The number of benzene rings is 1. The second kappa shape index (κ2) is 6.48. The average Bonchev–Trinajstić information content (AvgIpc) is 3.52. The maximum atomic E-state index is 14.4. The summed E-state index contributed by atoms with van der Waals surface area (Å²) in [6.07, 6.45) is 7.31. The van der Waals surface area contributed by atoms with Crippen molar-refractivity contribution in [1.82, 2.24) is 34.2 Å². The Morgan fingerprint density at radius 1 is 1.13 bits per heavy atom. The molecule has 1 aliphatic heterocycles. The molecule has 10 heteroatoms. The third kappa shape index (κ3) is 2.50. The summed E-state index contributed by atoms with van der Waals surface area (Å²) in [5.74, 6) is 0.997. The van der Waals surface area contributed by atoms with Crippen LogP contribution in [0.5, 0.6) is 5.75 Å². The molecular formula is C20H15FN8O. The monoisotopic (exact) mass is 402 g/mol. The van der Waals surface area contributed by atoms with Gasteiger partial charge in [-0.1, -0.05) is 0 Å². The van der Waals surface area contributed by atoms with Crippen LogP contribution >= 0.6 is 0 Å². The number of fused-ring (bicyclic) bond motifs is 3. The van der Waals surface area contributed by atoms with Gasteiger partial charge in [-0.3, -0.25) is 4.40 Å². The Bertz CT molecular complexity index is 1410. The van der Waals surface area contributed by atoms with Crippen LogP contribution in [0.3, 0.4) is 0 Å². The highest BCUT2D eigenvalue weighted by Gasteiger charge is 2.20. The van der Waals surface area contributed by atoms with E-state index in [1.54, 1.807) is 27.5 Å². The fourth-order valence-electron chi connectivity index (χ4n) is 3.87. The van der Waals surface area contributed by atoms with Crippen molar-refractivity contribution < 1.29 is 9.13 Å². The highest BCUT2D eigenvalue weighted by atomic mass is 19.1. The summed E-state index contributed by atoms with van der Waals surface area (Å²) in [5.41, 5.74) is 4.42. The lowest BCUT2D eigenvalue weighted by Crippen LogP contribution is -2.09. The molecule has 0 saturated carbocycles. The lowest BCUT2D eigenvalue weighted by atomic mass is 10.0. The van der Waals surface area contributed by atoms with Gasteiger partial charge in [0.1, 0.15) is 24.2 Å². The van der Waals surface area contributed by atoms with Gasteiger partial charge >= 0.3 is 0 Å². The zero-order valence-electron chi connectivity index (χ0n) is 15.7. The minimum absolute atomic E-state index is 0.262. The Hall–Kier alpha value is -4.08. The SMILES string of the molecule is Fc1ccc2c(c1CNc1ncc(-c3cccn4ncnc34)c3nncn13)CCO2. The number of rotatable bonds is 4. The first-order valence-electron chi connectivity index (χ1n) is 9.44. The highest BCUT2D eigenvalue weighted by Crippen LogP contribution is 2.31. The third-order valence-electron chi connectivity index (χ3n) is 5.29. The molecule has 0 aliphatic carbocycles. The van der Waals surface area contributed by atoms with E-state index in [-0.39, 0.29) is 12.4 Å². The van der Waals surface area contributed by atoms with Crippen molar-refractivity contribution in [3.63, 3.8) is 0 Å². The van der Waals surface area contributed by atoms with Crippen LogP contribution in [-0.2, 0) is 13.0 Å². The zero-order chi connectivity index (χ0) is 20.1. The van der Waals surface area contributed by atoms with E-state index in [1.165, 1.54) is 12.4 Å². The maximum Gasteiger partial charge on any atom is 0.210 e. The molecule has 0 amide bonds. The Morgan fingerprint density at radius 2 is 2.10 bits per heavy atom. The van der Waals surface area contributed by atoms with Crippen LogP contribution in [-0.4, -0.2) is 40.8 Å². The number of pyridine rings is 1. The lowest BCUT2D eigenvalue weighted by molar-refractivity contribution is 0.356. The largest absolute Gasteiger partial charge is 0.493 e. The zero-order valence-corrected chi connectivity index (χ0v) is 15.7. The lowest BCUT2D eigenvalue weighted by Gasteiger charge is -2.12. The van der Waals surface area contributed by atoms with E-state index >= 15 is 0 Å². The predicted molar refractivity (Wildman–Crippen MR) is 106 cm³/mol. The molecule has 0 spiro atoms. The molecule has 4 aromatic heterocycles. The van der Waals surface area contributed by atoms with Gasteiger partial charge in [0.15, 0.2) is 11.3 Å². The quantitative estimate of drug-likeness (QED) is 0.494. The molecule has 0 unspecified atom stereocenters. The van der Waals surface area contributed by atoms with Gasteiger partial charge < -0.3 is 10.1 Å². The Labute approximate surface area is 169 Å². The van der Waals surface area contributed by atoms with E-state index in [0.29, 0.717) is 35.8 Å². The molecule has 1 N–H and O–H groups in total. The molecule has 9 nitrogen and oxygen atoms in total. The number of anilines is 1. The summed E-state index contributed by atoms with van der Waals surface area (Å²) >= 11 is 0. The van der Waals surface area contributed by atoms with Crippen LogP contribution in [0.2, 0.25) is 0 Å². The van der Waals surface area contributed by atoms with Crippen molar-refractivity contribution in [1.29, 1.82) is 0 Å². The van der Waals surface area contributed by atoms with Crippen molar-refractivity contribution in [2.45, 2.75) is 13.0 Å². The molecule has 30 heavy (non-hydrogen) atoms.